The number of nitrogens with zero attached hydrogens (tertiary/aromatic N) is 1. The van der Waals surface area contributed by atoms with E-state index < -0.39 is 4.92 Å². The van der Waals surface area contributed by atoms with Gasteiger partial charge in [0, 0.05) is 22.9 Å². The number of hydrogen-bond donors (Lipinski definition) is 2. The summed E-state index contributed by atoms with van der Waals surface area (Å²) >= 11 is 1.87. The van der Waals surface area contributed by atoms with Crippen molar-refractivity contribution in [1.29, 1.82) is 0 Å². The first-order valence-corrected chi connectivity index (χ1v) is 8.17. The number of thioether (sulfide) groups is 1. The maximum absolute atomic E-state index is 12.2. The number of nitro benzene ring substituents is 1. The van der Waals surface area contributed by atoms with Gasteiger partial charge in [0.2, 0.25) is 0 Å². The first kappa shape index (κ1) is 15.6. The van der Waals surface area contributed by atoms with E-state index in [0.717, 1.165) is 25.7 Å². The van der Waals surface area contributed by atoms with Crippen molar-refractivity contribution in [1.82, 2.24) is 5.32 Å². The zero-order valence-electron chi connectivity index (χ0n) is 11.9. The minimum atomic E-state index is -0.574. The summed E-state index contributed by atoms with van der Waals surface area (Å²) < 4.78 is 0. The van der Waals surface area contributed by atoms with Crippen molar-refractivity contribution in [2.24, 2.45) is 0 Å². The normalized spacial score (nSPS) is 21.8. The fourth-order valence-corrected chi connectivity index (χ4v) is 3.30. The van der Waals surface area contributed by atoms with Crippen LogP contribution in [0.15, 0.2) is 18.2 Å². The molecule has 1 aliphatic carbocycles. The predicted octanol–water partition coefficient (Wildman–Crippen LogP) is 2.58. The Kier molecular flexibility index (Phi) is 5.06. The molecule has 3 N–H and O–H groups in total. The van der Waals surface area contributed by atoms with Crippen molar-refractivity contribution >= 4 is 29.0 Å². The molecule has 21 heavy (non-hydrogen) atoms. The summed E-state index contributed by atoms with van der Waals surface area (Å²) in [6.45, 7) is 0. The summed E-state index contributed by atoms with van der Waals surface area (Å²) in [5.41, 5.74) is 5.65. The number of nitrogens with one attached hydrogen (secondary N) is 1. The Balaban J connectivity index is 2.01. The van der Waals surface area contributed by atoms with Crippen LogP contribution < -0.4 is 11.1 Å². The van der Waals surface area contributed by atoms with Gasteiger partial charge >= 0.3 is 0 Å². The number of anilines is 1. The number of nitrogens with two attached hydrogens (primary N) is 1. The van der Waals surface area contributed by atoms with E-state index in [1.54, 1.807) is 0 Å². The lowest BCUT2D eigenvalue weighted by atomic mass is 9.94. The Labute approximate surface area is 127 Å². The van der Waals surface area contributed by atoms with Gasteiger partial charge in [0.25, 0.3) is 11.6 Å². The second-order valence-corrected chi connectivity index (χ2v) is 6.35. The minimum absolute atomic E-state index is 0.0667. The van der Waals surface area contributed by atoms with E-state index >= 15 is 0 Å². The molecule has 0 saturated heterocycles. The highest BCUT2D eigenvalue weighted by molar-refractivity contribution is 7.99. The van der Waals surface area contributed by atoms with Gasteiger partial charge in [-0.05, 0) is 44.1 Å². The topological polar surface area (TPSA) is 98.3 Å². The molecule has 7 heteroatoms. The molecular formula is C14H19N3O3S. The predicted molar refractivity (Wildman–Crippen MR) is 84.5 cm³/mol. The zero-order chi connectivity index (χ0) is 15.4. The van der Waals surface area contributed by atoms with E-state index in [9.17, 15) is 14.9 Å². The number of rotatable bonds is 4. The van der Waals surface area contributed by atoms with Crippen molar-refractivity contribution in [3.63, 3.8) is 0 Å². The highest BCUT2D eigenvalue weighted by atomic mass is 32.2. The van der Waals surface area contributed by atoms with Crippen LogP contribution >= 0.6 is 11.8 Å². The standard InChI is InChI=1S/C14H19N3O3S/c1-21-11-5-3-10(4-6-11)16-14(18)9-2-7-12(15)13(8-9)17(19)20/h2,7-8,10-11H,3-6,15H2,1H3,(H,16,18). The van der Waals surface area contributed by atoms with Gasteiger partial charge in [-0.2, -0.15) is 11.8 Å². The van der Waals surface area contributed by atoms with Crippen LogP contribution in [0, 0.1) is 10.1 Å². The zero-order valence-corrected chi connectivity index (χ0v) is 12.7. The summed E-state index contributed by atoms with van der Waals surface area (Å²) in [5, 5.41) is 14.5. The minimum Gasteiger partial charge on any atom is -0.393 e. The second-order valence-electron chi connectivity index (χ2n) is 5.21. The van der Waals surface area contributed by atoms with Crippen molar-refractivity contribution in [2.75, 3.05) is 12.0 Å². The molecule has 0 radical (unpaired) electrons. The molecule has 0 unspecified atom stereocenters. The lowest BCUT2D eigenvalue weighted by Crippen LogP contribution is -2.38. The number of carbonyl (C=O) groups is 1. The van der Waals surface area contributed by atoms with Crippen LogP contribution in [0.5, 0.6) is 0 Å². The quantitative estimate of drug-likeness (QED) is 0.506. The van der Waals surface area contributed by atoms with Gasteiger partial charge in [0.1, 0.15) is 5.69 Å². The molecule has 1 aromatic rings. The Morgan fingerprint density at radius 3 is 2.62 bits per heavy atom. The molecule has 114 valence electrons. The van der Waals surface area contributed by atoms with Gasteiger partial charge in [-0.1, -0.05) is 0 Å². The van der Waals surface area contributed by atoms with Crippen LogP contribution in [0.25, 0.3) is 0 Å². The smallest absolute Gasteiger partial charge is 0.292 e. The summed E-state index contributed by atoms with van der Waals surface area (Å²) in [4.78, 5) is 22.4. The molecule has 0 heterocycles. The van der Waals surface area contributed by atoms with E-state index in [1.165, 1.54) is 18.2 Å². The van der Waals surface area contributed by atoms with Crippen LogP contribution in [0.1, 0.15) is 36.0 Å². The first-order valence-electron chi connectivity index (χ1n) is 6.89. The van der Waals surface area contributed by atoms with Crippen LogP contribution in [-0.2, 0) is 0 Å². The molecule has 0 spiro atoms. The van der Waals surface area contributed by atoms with Crippen LogP contribution in [-0.4, -0.2) is 28.4 Å². The second kappa shape index (κ2) is 6.80. The molecule has 1 fully saturated rings. The van der Waals surface area contributed by atoms with Crippen LogP contribution in [0.4, 0.5) is 11.4 Å². The van der Waals surface area contributed by atoms with Gasteiger partial charge in [0.05, 0.1) is 4.92 Å². The van der Waals surface area contributed by atoms with Crippen molar-refractivity contribution < 1.29 is 9.72 Å². The fraction of sp³-hybridized carbons (Fsp3) is 0.500. The Bertz CT molecular complexity index is 542. The average molecular weight is 309 g/mol. The highest BCUT2D eigenvalue weighted by Gasteiger charge is 2.23. The number of amides is 1. The van der Waals surface area contributed by atoms with Crippen molar-refractivity contribution in [3.05, 3.63) is 33.9 Å². The van der Waals surface area contributed by atoms with Crippen molar-refractivity contribution in [2.45, 2.75) is 37.0 Å². The lowest BCUT2D eigenvalue weighted by Gasteiger charge is -2.28. The third-order valence-corrected chi connectivity index (χ3v) is 4.97. The molecule has 1 saturated carbocycles. The van der Waals surface area contributed by atoms with Gasteiger partial charge in [-0.15, -0.1) is 0 Å². The molecule has 0 aromatic heterocycles. The van der Waals surface area contributed by atoms with Gasteiger partial charge < -0.3 is 11.1 Å². The molecule has 1 aromatic carbocycles. The summed E-state index contributed by atoms with van der Waals surface area (Å²) in [5.74, 6) is -0.272. The molecule has 0 bridgehead atoms. The van der Waals surface area contributed by atoms with Crippen LogP contribution in [0.2, 0.25) is 0 Å². The van der Waals surface area contributed by atoms with Gasteiger partial charge in [0.15, 0.2) is 0 Å². The van der Waals surface area contributed by atoms with E-state index in [-0.39, 0.29) is 28.9 Å². The van der Waals surface area contributed by atoms with E-state index in [1.807, 2.05) is 11.8 Å². The third kappa shape index (κ3) is 3.87. The molecular weight excluding hydrogens is 290 g/mol. The number of nitro groups is 1. The van der Waals surface area contributed by atoms with E-state index in [4.69, 9.17) is 5.73 Å². The highest BCUT2D eigenvalue weighted by Crippen LogP contribution is 2.27. The molecule has 0 aliphatic heterocycles. The number of nitrogen functional groups attached to an aromatic ring is 1. The third-order valence-electron chi connectivity index (χ3n) is 3.83. The lowest BCUT2D eigenvalue weighted by molar-refractivity contribution is -0.383. The summed E-state index contributed by atoms with van der Waals surface area (Å²) in [6.07, 6.45) is 6.20. The Hall–Kier alpha value is -1.76. The molecule has 6 nitrogen and oxygen atoms in total. The van der Waals surface area contributed by atoms with Gasteiger partial charge in [-0.3, -0.25) is 14.9 Å². The molecule has 1 amide bonds. The number of benzene rings is 1. The van der Waals surface area contributed by atoms with Crippen LogP contribution in [0.3, 0.4) is 0 Å². The van der Waals surface area contributed by atoms with Gasteiger partial charge in [-0.25, -0.2) is 0 Å². The maximum atomic E-state index is 12.2. The monoisotopic (exact) mass is 309 g/mol. The SMILES string of the molecule is CSC1CCC(NC(=O)c2ccc(N)c([N+](=O)[O-])c2)CC1. The fourth-order valence-electron chi connectivity index (χ4n) is 2.55. The Morgan fingerprint density at radius 2 is 2.05 bits per heavy atom. The molecule has 0 atom stereocenters. The summed E-state index contributed by atoms with van der Waals surface area (Å²) in [6, 6.07) is 4.30. The number of carbonyl (C=O) groups excluding carboxylic acids is 1. The molecule has 2 rings (SSSR count). The summed E-state index contributed by atoms with van der Waals surface area (Å²) in [7, 11) is 0. The first-order chi connectivity index (χ1) is 10.0. The average Bonchev–Trinajstić information content (AvgIpc) is 2.48. The van der Waals surface area contributed by atoms with E-state index in [0.29, 0.717) is 5.25 Å². The van der Waals surface area contributed by atoms with E-state index in [2.05, 4.69) is 11.6 Å². The largest absolute Gasteiger partial charge is 0.393 e. The molecule has 1 aliphatic rings. The number of hydrogen-bond acceptors (Lipinski definition) is 5. The van der Waals surface area contributed by atoms with Crippen molar-refractivity contribution in [3.8, 4) is 0 Å². The maximum Gasteiger partial charge on any atom is 0.292 e. The Morgan fingerprint density at radius 1 is 1.38 bits per heavy atom.